The summed E-state index contributed by atoms with van der Waals surface area (Å²) in [6.45, 7) is 2.12. The minimum atomic E-state index is -0.792. The molecule has 1 aromatic carbocycles. The molecule has 0 saturated carbocycles. The highest BCUT2D eigenvalue weighted by molar-refractivity contribution is 5.29. The van der Waals surface area contributed by atoms with E-state index in [0.717, 1.165) is 24.9 Å². The third-order valence-corrected chi connectivity index (χ3v) is 3.37. The zero-order chi connectivity index (χ0) is 12.3. The van der Waals surface area contributed by atoms with Gasteiger partial charge in [-0.1, -0.05) is 6.07 Å². The molecule has 0 amide bonds. The molecule has 0 bridgehead atoms. The highest BCUT2D eigenvalue weighted by Crippen LogP contribution is 2.37. The molecule has 17 heavy (non-hydrogen) atoms. The van der Waals surface area contributed by atoms with Gasteiger partial charge < -0.3 is 10.1 Å². The SMILES string of the molecule is CNCCCC1(c2ccc(F)c(F)c2)COC1. The molecule has 1 fully saturated rings. The molecule has 2 rings (SSSR count). The zero-order valence-corrected chi connectivity index (χ0v) is 9.93. The minimum Gasteiger partial charge on any atom is -0.379 e. The summed E-state index contributed by atoms with van der Waals surface area (Å²) >= 11 is 0. The maximum atomic E-state index is 13.2. The number of halogens is 2. The van der Waals surface area contributed by atoms with Gasteiger partial charge in [0.05, 0.1) is 13.2 Å². The quantitative estimate of drug-likeness (QED) is 0.798. The summed E-state index contributed by atoms with van der Waals surface area (Å²) in [7, 11) is 1.90. The second-order valence-electron chi connectivity index (χ2n) is 4.61. The molecule has 0 spiro atoms. The van der Waals surface area contributed by atoms with E-state index in [4.69, 9.17) is 4.74 Å². The Bertz CT molecular complexity index is 391. The largest absolute Gasteiger partial charge is 0.379 e. The third kappa shape index (κ3) is 2.48. The molecule has 0 atom stereocenters. The molecule has 0 aliphatic carbocycles. The van der Waals surface area contributed by atoms with Crippen LogP contribution in [0.15, 0.2) is 18.2 Å². The summed E-state index contributed by atoms with van der Waals surface area (Å²) in [4.78, 5) is 0. The van der Waals surface area contributed by atoms with E-state index >= 15 is 0 Å². The van der Waals surface area contributed by atoms with Crippen LogP contribution in [0.1, 0.15) is 18.4 Å². The van der Waals surface area contributed by atoms with E-state index in [0.29, 0.717) is 13.2 Å². The van der Waals surface area contributed by atoms with Gasteiger partial charge in [-0.05, 0) is 44.1 Å². The van der Waals surface area contributed by atoms with Crippen molar-refractivity contribution < 1.29 is 13.5 Å². The Morgan fingerprint density at radius 1 is 1.29 bits per heavy atom. The molecule has 1 aromatic rings. The minimum absolute atomic E-state index is 0.120. The van der Waals surface area contributed by atoms with Crippen molar-refractivity contribution in [1.82, 2.24) is 5.32 Å². The Labute approximate surface area is 100.0 Å². The van der Waals surface area contributed by atoms with E-state index in [-0.39, 0.29) is 5.41 Å². The molecule has 1 aliphatic heterocycles. The average Bonchev–Trinajstić information content (AvgIpc) is 2.26. The fourth-order valence-corrected chi connectivity index (χ4v) is 2.23. The molecule has 1 heterocycles. The fraction of sp³-hybridized carbons (Fsp3) is 0.538. The van der Waals surface area contributed by atoms with Crippen molar-refractivity contribution in [2.24, 2.45) is 0 Å². The van der Waals surface area contributed by atoms with Gasteiger partial charge in [-0.25, -0.2) is 8.78 Å². The lowest BCUT2D eigenvalue weighted by Gasteiger charge is -2.42. The van der Waals surface area contributed by atoms with Crippen LogP contribution in [0.25, 0.3) is 0 Å². The summed E-state index contributed by atoms with van der Waals surface area (Å²) < 4.78 is 31.4. The van der Waals surface area contributed by atoms with E-state index < -0.39 is 11.6 Å². The van der Waals surface area contributed by atoms with Crippen molar-refractivity contribution in [2.75, 3.05) is 26.8 Å². The number of hydrogen-bond acceptors (Lipinski definition) is 2. The molecule has 94 valence electrons. The van der Waals surface area contributed by atoms with Crippen LogP contribution in [0.4, 0.5) is 8.78 Å². The van der Waals surface area contributed by atoms with Crippen molar-refractivity contribution in [3.8, 4) is 0 Å². The van der Waals surface area contributed by atoms with Crippen LogP contribution in [-0.4, -0.2) is 26.8 Å². The van der Waals surface area contributed by atoms with Crippen molar-refractivity contribution in [3.05, 3.63) is 35.4 Å². The molecular weight excluding hydrogens is 224 g/mol. The predicted octanol–water partition coefficient (Wildman–Crippen LogP) is 2.23. The van der Waals surface area contributed by atoms with E-state index in [9.17, 15) is 8.78 Å². The first-order chi connectivity index (χ1) is 8.18. The van der Waals surface area contributed by atoms with Crippen molar-refractivity contribution >= 4 is 0 Å². The predicted molar refractivity (Wildman–Crippen MR) is 62.0 cm³/mol. The number of rotatable bonds is 5. The van der Waals surface area contributed by atoms with Crippen LogP contribution in [-0.2, 0) is 10.2 Å². The monoisotopic (exact) mass is 241 g/mol. The molecule has 1 saturated heterocycles. The van der Waals surface area contributed by atoms with Crippen LogP contribution in [0, 0.1) is 11.6 Å². The van der Waals surface area contributed by atoms with Gasteiger partial charge >= 0.3 is 0 Å². The highest BCUT2D eigenvalue weighted by atomic mass is 19.2. The smallest absolute Gasteiger partial charge is 0.159 e. The summed E-state index contributed by atoms with van der Waals surface area (Å²) in [6, 6.07) is 4.17. The average molecular weight is 241 g/mol. The van der Waals surface area contributed by atoms with Crippen molar-refractivity contribution in [2.45, 2.75) is 18.3 Å². The molecule has 0 radical (unpaired) electrons. The topological polar surface area (TPSA) is 21.3 Å². The molecule has 4 heteroatoms. The lowest BCUT2D eigenvalue weighted by atomic mass is 9.75. The van der Waals surface area contributed by atoms with Gasteiger partial charge in [0.15, 0.2) is 11.6 Å². The Kier molecular flexibility index (Phi) is 3.74. The molecule has 0 unspecified atom stereocenters. The molecular formula is C13H17F2NO. The Hall–Kier alpha value is -1.00. The van der Waals surface area contributed by atoms with Gasteiger partial charge in [0.25, 0.3) is 0 Å². The van der Waals surface area contributed by atoms with E-state index in [1.165, 1.54) is 12.1 Å². The van der Waals surface area contributed by atoms with Crippen LogP contribution in [0.3, 0.4) is 0 Å². The first-order valence-corrected chi connectivity index (χ1v) is 5.86. The fourth-order valence-electron chi connectivity index (χ4n) is 2.23. The summed E-state index contributed by atoms with van der Waals surface area (Å²) in [5.41, 5.74) is 0.726. The number of ether oxygens (including phenoxy) is 1. The standard InChI is InChI=1S/C13H17F2NO/c1-16-6-2-5-13(8-17-9-13)10-3-4-11(14)12(15)7-10/h3-4,7,16H,2,5-6,8-9H2,1H3. The second-order valence-corrected chi connectivity index (χ2v) is 4.61. The second kappa shape index (κ2) is 5.10. The Morgan fingerprint density at radius 3 is 2.59 bits per heavy atom. The third-order valence-electron chi connectivity index (χ3n) is 3.37. The number of hydrogen-bond donors (Lipinski definition) is 1. The van der Waals surface area contributed by atoms with Crippen LogP contribution < -0.4 is 5.32 Å². The Balaban J connectivity index is 2.13. The molecule has 1 aliphatic rings. The van der Waals surface area contributed by atoms with Gasteiger partial charge in [0.1, 0.15) is 0 Å². The normalized spacial score (nSPS) is 17.8. The molecule has 1 N–H and O–H groups in total. The highest BCUT2D eigenvalue weighted by Gasteiger charge is 2.39. The van der Waals surface area contributed by atoms with Crippen LogP contribution >= 0.6 is 0 Å². The first kappa shape index (κ1) is 12.5. The lowest BCUT2D eigenvalue weighted by Crippen LogP contribution is -2.47. The van der Waals surface area contributed by atoms with Gasteiger partial charge in [-0.15, -0.1) is 0 Å². The summed E-state index contributed by atoms with van der Waals surface area (Å²) in [5, 5.41) is 3.09. The van der Waals surface area contributed by atoms with E-state index in [1.807, 2.05) is 7.05 Å². The van der Waals surface area contributed by atoms with Crippen molar-refractivity contribution in [3.63, 3.8) is 0 Å². The Morgan fingerprint density at radius 2 is 2.06 bits per heavy atom. The lowest BCUT2D eigenvalue weighted by molar-refractivity contribution is -0.0652. The van der Waals surface area contributed by atoms with Crippen LogP contribution in [0.2, 0.25) is 0 Å². The van der Waals surface area contributed by atoms with Gasteiger partial charge in [0.2, 0.25) is 0 Å². The summed E-state index contributed by atoms with van der Waals surface area (Å²) in [5.74, 6) is -1.57. The maximum absolute atomic E-state index is 13.2. The van der Waals surface area contributed by atoms with Gasteiger partial charge in [0, 0.05) is 5.41 Å². The number of nitrogens with one attached hydrogen (secondary N) is 1. The number of benzene rings is 1. The first-order valence-electron chi connectivity index (χ1n) is 5.86. The maximum Gasteiger partial charge on any atom is 0.159 e. The van der Waals surface area contributed by atoms with Gasteiger partial charge in [-0.2, -0.15) is 0 Å². The zero-order valence-electron chi connectivity index (χ0n) is 9.93. The molecule has 0 aromatic heterocycles. The summed E-state index contributed by atoms with van der Waals surface area (Å²) in [6.07, 6.45) is 1.93. The van der Waals surface area contributed by atoms with Crippen LogP contribution in [0.5, 0.6) is 0 Å². The van der Waals surface area contributed by atoms with Crippen molar-refractivity contribution in [1.29, 1.82) is 0 Å². The molecule has 2 nitrogen and oxygen atoms in total. The van der Waals surface area contributed by atoms with E-state index in [1.54, 1.807) is 6.07 Å². The van der Waals surface area contributed by atoms with E-state index in [2.05, 4.69) is 5.32 Å². The van der Waals surface area contributed by atoms with Gasteiger partial charge in [-0.3, -0.25) is 0 Å².